The number of halogens is 1. The number of primary sulfonamides is 1. The summed E-state index contributed by atoms with van der Waals surface area (Å²) in [5, 5.41) is 8.03. The van der Waals surface area contributed by atoms with Crippen molar-refractivity contribution in [1.82, 2.24) is 10.2 Å². The number of nitrogens with zero attached hydrogens (tertiary/aromatic N) is 1. The molecule has 0 unspecified atom stereocenters. The molecule has 1 saturated heterocycles. The molecule has 0 aromatic heterocycles. The summed E-state index contributed by atoms with van der Waals surface area (Å²) >= 11 is 3.29. The number of hydrogen-bond donors (Lipinski definition) is 2. The minimum atomic E-state index is -3.88. The van der Waals surface area contributed by atoms with Gasteiger partial charge in [-0.3, -0.25) is 9.69 Å². The lowest BCUT2D eigenvalue weighted by molar-refractivity contribution is 0.0340. The van der Waals surface area contributed by atoms with E-state index in [4.69, 9.17) is 9.88 Å². The van der Waals surface area contributed by atoms with E-state index in [1.807, 2.05) is 18.2 Å². The summed E-state index contributed by atoms with van der Waals surface area (Å²) in [6.45, 7) is 4.36. The number of nitrogens with two attached hydrogens (primary N) is 1. The van der Waals surface area contributed by atoms with Crippen molar-refractivity contribution in [3.63, 3.8) is 0 Å². The zero-order valence-electron chi connectivity index (χ0n) is 15.2. The number of rotatable bonds is 6. The first-order valence-corrected chi connectivity index (χ1v) is 11.2. The molecule has 1 amide bonds. The SMILES string of the molecule is NS(=O)(=O)c1ccc(Br)c(C(=O)NCc2ccccc2CN2CCOCC2)c1. The van der Waals surface area contributed by atoms with Gasteiger partial charge in [0.15, 0.2) is 0 Å². The Bertz CT molecular complexity index is 959. The van der Waals surface area contributed by atoms with E-state index in [0.29, 0.717) is 11.0 Å². The van der Waals surface area contributed by atoms with Crippen molar-refractivity contribution >= 4 is 31.9 Å². The standard InChI is InChI=1S/C19H22BrN3O4S/c20-18-6-5-16(28(21,25)26)11-17(18)19(24)22-12-14-3-1-2-4-15(14)13-23-7-9-27-10-8-23/h1-6,11H,7-10,12-13H2,(H,22,24)(H2,21,25,26). The normalized spacial score (nSPS) is 15.4. The molecule has 3 N–H and O–H groups in total. The van der Waals surface area contributed by atoms with Crippen LogP contribution in [0.15, 0.2) is 51.8 Å². The Morgan fingerprint density at radius 3 is 2.50 bits per heavy atom. The number of benzene rings is 2. The molecule has 2 aromatic rings. The maximum absolute atomic E-state index is 12.6. The Morgan fingerprint density at radius 2 is 1.82 bits per heavy atom. The van der Waals surface area contributed by atoms with Crippen LogP contribution in [0.2, 0.25) is 0 Å². The number of carbonyl (C=O) groups excluding carboxylic acids is 1. The highest BCUT2D eigenvalue weighted by Crippen LogP contribution is 2.21. The molecule has 0 bridgehead atoms. The van der Waals surface area contributed by atoms with E-state index < -0.39 is 10.0 Å². The Hall–Kier alpha value is -1.78. The highest BCUT2D eigenvalue weighted by Gasteiger charge is 2.17. The van der Waals surface area contributed by atoms with Crippen molar-refractivity contribution in [2.45, 2.75) is 18.0 Å². The molecule has 1 aliphatic rings. The highest BCUT2D eigenvalue weighted by atomic mass is 79.9. The van der Waals surface area contributed by atoms with Gasteiger partial charge in [-0.15, -0.1) is 0 Å². The monoisotopic (exact) mass is 467 g/mol. The number of amides is 1. The van der Waals surface area contributed by atoms with Crippen LogP contribution in [0.3, 0.4) is 0 Å². The molecule has 150 valence electrons. The third kappa shape index (κ3) is 5.39. The summed E-state index contributed by atoms with van der Waals surface area (Å²) in [4.78, 5) is 14.8. The molecule has 0 saturated carbocycles. The van der Waals surface area contributed by atoms with Gasteiger partial charge in [0.2, 0.25) is 10.0 Å². The molecule has 3 rings (SSSR count). The predicted octanol–water partition coefficient (Wildman–Crippen LogP) is 1.86. The van der Waals surface area contributed by atoms with Crippen LogP contribution in [-0.4, -0.2) is 45.5 Å². The van der Waals surface area contributed by atoms with E-state index in [-0.39, 0.29) is 16.4 Å². The highest BCUT2D eigenvalue weighted by molar-refractivity contribution is 9.10. The van der Waals surface area contributed by atoms with Crippen LogP contribution in [0, 0.1) is 0 Å². The molecular weight excluding hydrogens is 446 g/mol. The van der Waals surface area contributed by atoms with Gasteiger partial charge in [0, 0.05) is 30.7 Å². The summed E-state index contributed by atoms with van der Waals surface area (Å²) in [6.07, 6.45) is 0. The predicted molar refractivity (Wildman–Crippen MR) is 109 cm³/mol. The smallest absolute Gasteiger partial charge is 0.252 e. The number of nitrogens with one attached hydrogen (secondary N) is 1. The summed E-state index contributed by atoms with van der Waals surface area (Å²) in [5.41, 5.74) is 2.38. The van der Waals surface area contributed by atoms with Crippen LogP contribution in [0.4, 0.5) is 0 Å². The minimum Gasteiger partial charge on any atom is -0.379 e. The maximum atomic E-state index is 12.6. The zero-order valence-corrected chi connectivity index (χ0v) is 17.6. The van der Waals surface area contributed by atoms with Crippen LogP contribution < -0.4 is 10.5 Å². The van der Waals surface area contributed by atoms with E-state index in [2.05, 4.69) is 32.2 Å². The summed E-state index contributed by atoms with van der Waals surface area (Å²) in [6, 6.07) is 12.1. The largest absolute Gasteiger partial charge is 0.379 e. The molecule has 7 nitrogen and oxygen atoms in total. The number of hydrogen-bond acceptors (Lipinski definition) is 5. The van der Waals surface area contributed by atoms with Crippen molar-refractivity contribution in [1.29, 1.82) is 0 Å². The van der Waals surface area contributed by atoms with E-state index >= 15 is 0 Å². The summed E-state index contributed by atoms with van der Waals surface area (Å²) in [7, 11) is -3.88. The second kappa shape index (κ2) is 9.15. The summed E-state index contributed by atoms with van der Waals surface area (Å²) < 4.78 is 29.0. The molecule has 2 aromatic carbocycles. The Kier molecular flexibility index (Phi) is 6.84. The van der Waals surface area contributed by atoms with Crippen molar-refractivity contribution in [2.24, 2.45) is 5.14 Å². The molecule has 9 heteroatoms. The van der Waals surface area contributed by atoms with Gasteiger partial charge in [0.1, 0.15) is 0 Å². The van der Waals surface area contributed by atoms with Gasteiger partial charge in [-0.25, -0.2) is 13.6 Å². The third-order valence-electron chi connectivity index (χ3n) is 4.57. The molecule has 1 aliphatic heterocycles. The third-order valence-corrected chi connectivity index (χ3v) is 6.17. The first kappa shape index (κ1) is 20.9. The van der Waals surface area contributed by atoms with E-state index in [1.54, 1.807) is 0 Å². The van der Waals surface area contributed by atoms with E-state index in [1.165, 1.54) is 18.2 Å². The van der Waals surface area contributed by atoms with Gasteiger partial charge in [-0.05, 0) is 45.3 Å². The van der Waals surface area contributed by atoms with Gasteiger partial charge in [0.25, 0.3) is 5.91 Å². The lowest BCUT2D eigenvalue weighted by Crippen LogP contribution is -2.36. The summed E-state index contributed by atoms with van der Waals surface area (Å²) in [5.74, 6) is -0.376. The fourth-order valence-corrected chi connectivity index (χ4v) is 3.98. The van der Waals surface area contributed by atoms with Crippen molar-refractivity contribution in [3.05, 3.63) is 63.6 Å². The maximum Gasteiger partial charge on any atom is 0.252 e. The van der Waals surface area contributed by atoms with Gasteiger partial charge < -0.3 is 10.1 Å². The van der Waals surface area contributed by atoms with Gasteiger partial charge in [-0.1, -0.05) is 24.3 Å². The van der Waals surface area contributed by atoms with E-state index in [9.17, 15) is 13.2 Å². The Morgan fingerprint density at radius 1 is 1.14 bits per heavy atom. The molecule has 1 fully saturated rings. The number of ether oxygens (including phenoxy) is 1. The van der Waals surface area contributed by atoms with Crippen molar-refractivity contribution in [2.75, 3.05) is 26.3 Å². The number of carbonyl (C=O) groups is 1. The van der Waals surface area contributed by atoms with Crippen LogP contribution in [0.5, 0.6) is 0 Å². The van der Waals surface area contributed by atoms with Crippen LogP contribution in [0.1, 0.15) is 21.5 Å². The second-order valence-electron chi connectivity index (χ2n) is 6.53. The molecule has 0 aliphatic carbocycles. The fraction of sp³-hybridized carbons (Fsp3) is 0.316. The lowest BCUT2D eigenvalue weighted by Gasteiger charge is -2.27. The van der Waals surface area contributed by atoms with Gasteiger partial charge in [0.05, 0.1) is 23.7 Å². The number of sulfonamides is 1. The molecular formula is C19H22BrN3O4S. The first-order chi connectivity index (χ1) is 13.3. The second-order valence-corrected chi connectivity index (χ2v) is 8.94. The fourth-order valence-electron chi connectivity index (χ4n) is 3.01. The average molecular weight is 468 g/mol. The minimum absolute atomic E-state index is 0.103. The van der Waals surface area contributed by atoms with Crippen molar-refractivity contribution in [3.8, 4) is 0 Å². The zero-order chi connectivity index (χ0) is 20.1. The average Bonchev–Trinajstić information content (AvgIpc) is 2.67. The molecule has 0 spiro atoms. The van der Waals surface area contributed by atoms with Gasteiger partial charge in [-0.2, -0.15) is 0 Å². The number of morpholine rings is 1. The van der Waals surface area contributed by atoms with Crippen LogP contribution >= 0.6 is 15.9 Å². The first-order valence-electron chi connectivity index (χ1n) is 8.82. The van der Waals surface area contributed by atoms with E-state index in [0.717, 1.165) is 44.0 Å². The Labute approximate surface area is 173 Å². The topological polar surface area (TPSA) is 102 Å². The molecule has 0 atom stereocenters. The lowest BCUT2D eigenvalue weighted by atomic mass is 10.1. The van der Waals surface area contributed by atoms with Crippen LogP contribution in [0.25, 0.3) is 0 Å². The molecule has 0 radical (unpaired) electrons. The van der Waals surface area contributed by atoms with Gasteiger partial charge >= 0.3 is 0 Å². The Balaban J connectivity index is 1.71. The molecule has 28 heavy (non-hydrogen) atoms. The van der Waals surface area contributed by atoms with Crippen molar-refractivity contribution < 1.29 is 17.9 Å². The van der Waals surface area contributed by atoms with Crippen LogP contribution in [-0.2, 0) is 27.8 Å². The molecule has 1 heterocycles. The quantitative estimate of drug-likeness (QED) is 0.674.